The molecule has 4 rings (SSSR count). The highest BCUT2D eigenvalue weighted by atomic mass is 32.1. The number of carbonyl (C=O) groups is 1. The highest BCUT2D eigenvalue weighted by molar-refractivity contribution is 7.20. The number of aromatic nitrogens is 5. The standard InChI is InChI=1S/C19H20N6O2S/c1-5-27-14-7-6-8-15-17(14)21-19(28-15)25-16(10-12(3)23-25)20-18(26)13-9-11(2)22-24(13)4/h6-10H,5H2,1-4H3,(H,20,26). The number of hydrogen-bond donors (Lipinski definition) is 1. The number of ether oxygens (including phenoxy) is 1. The lowest BCUT2D eigenvalue weighted by Gasteiger charge is -2.06. The van der Waals surface area contributed by atoms with Gasteiger partial charge in [0.2, 0.25) is 5.13 Å². The number of thiazole rings is 1. The van der Waals surface area contributed by atoms with Crippen molar-refractivity contribution < 1.29 is 9.53 Å². The Morgan fingerprint density at radius 1 is 1.21 bits per heavy atom. The molecule has 1 aromatic carbocycles. The minimum Gasteiger partial charge on any atom is -0.492 e. The van der Waals surface area contributed by atoms with Gasteiger partial charge < -0.3 is 10.1 Å². The van der Waals surface area contributed by atoms with Crippen molar-refractivity contribution >= 4 is 33.3 Å². The average molecular weight is 396 g/mol. The van der Waals surface area contributed by atoms with E-state index in [1.165, 1.54) is 11.3 Å². The molecule has 0 aliphatic heterocycles. The van der Waals surface area contributed by atoms with Gasteiger partial charge in [-0.25, -0.2) is 4.98 Å². The van der Waals surface area contributed by atoms with Gasteiger partial charge in [0.1, 0.15) is 22.8 Å². The zero-order chi connectivity index (χ0) is 19.8. The van der Waals surface area contributed by atoms with E-state index in [1.807, 2.05) is 45.0 Å². The lowest BCUT2D eigenvalue weighted by Crippen LogP contribution is -2.18. The second-order valence-electron chi connectivity index (χ2n) is 6.36. The summed E-state index contributed by atoms with van der Waals surface area (Å²) in [7, 11) is 1.74. The van der Waals surface area contributed by atoms with E-state index in [1.54, 1.807) is 22.5 Å². The van der Waals surface area contributed by atoms with E-state index < -0.39 is 0 Å². The number of rotatable bonds is 5. The van der Waals surface area contributed by atoms with Gasteiger partial charge in [-0.2, -0.15) is 14.9 Å². The highest BCUT2D eigenvalue weighted by Gasteiger charge is 2.18. The molecule has 3 aromatic heterocycles. The molecule has 0 bridgehead atoms. The van der Waals surface area contributed by atoms with Gasteiger partial charge in [0.15, 0.2) is 0 Å². The van der Waals surface area contributed by atoms with Gasteiger partial charge in [0, 0.05) is 13.1 Å². The number of anilines is 1. The third kappa shape index (κ3) is 3.24. The maximum atomic E-state index is 12.7. The molecule has 9 heteroatoms. The van der Waals surface area contributed by atoms with Crippen molar-refractivity contribution in [2.45, 2.75) is 20.8 Å². The van der Waals surface area contributed by atoms with Crippen LogP contribution < -0.4 is 10.1 Å². The number of nitrogens with zero attached hydrogens (tertiary/aromatic N) is 5. The van der Waals surface area contributed by atoms with Crippen LogP contribution >= 0.6 is 11.3 Å². The number of hydrogen-bond acceptors (Lipinski definition) is 6. The Morgan fingerprint density at radius 2 is 2.00 bits per heavy atom. The van der Waals surface area contributed by atoms with Crippen molar-refractivity contribution in [2.75, 3.05) is 11.9 Å². The summed E-state index contributed by atoms with van der Waals surface area (Å²) in [6.45, 7) is 6.23. The third-order valence-electron chi connectivity index (χ3n) is 4.16. The van der Waals surface area contributed by atoms with E-state index in [4.69, 9.17) is 9.72 Å². The van der Waals surface area contributed by atoms with Gasteiger partial charge in [0.05, 0.1) is 22.7 Å². The lowest BCUT2D eigenvalue weighted by atomic mass is 10.3. The predicted octanol–water partition coefficient (Wildman–Crippen LogP) is 3.48. The number of fused-ring (bicyclic) bond motifs is 1. The molecule has 0 saturated heterocycles. The number of amides is 1. The lowest BCUT2D eigenvalue weighted by molar-refractivity contribution is 0.101. The highest BCUT2D eigenvalue weighted by Crippen LogP contribution is 2.32. The maximum absolute atomic E-state index is 12.7. The monoisotopic (exact) mass is 396 g/mol. The van der Waals surface area contributed by atoms with Crippen LogP contribution in [-0.2, 0) is 7.05 Å². The molecule has 144 valence electrons. The Hall–Kier alpha value is -3.20. The van der Waals surface area contributed by atoms with E-state index >= 15 is 0 Å². The summed E-state index contributed by atoms with van der Waals surface area (Å²) in [4.78, 5) is 17.4. The van der Waals surface area contributed by atoms with Gasteiger partial charge in [-0.15, -0.1) is 0 Å². The fraction of sp³-hybridized carbons (Fsp3) is 0.263. The normalized spacial score (nSPS) is 11.1. The molecule has 0 aliphatic rings. The molecule has 0 spiro atoms. The van der Waals surface area contributed by atoms with Crippen molar-refractivity contribution in [3.63, 3.8) is 0 Å². The Labute approximate surface area is 165 Å². The van der Waals surface area contributed by atoms with Crippen molar-refractivity contribution in [3.8, 4) is 10.9 Å². The van der Waals surface area contributed by atoms with Crippen LogP contribution in [0.2, 0.25) is 0 Å². The molecule has 0 fully saturated rings. The van der Waals surface area contributed by atoms with Crippen molar-refractivity contribution in [1.82, 2.24) is 24.5 Å². The molecule has 4 aromatic rings. The quantitative estimate of drug-likeness (QED) is 0.558. The number of aryl methyl sites for hydroxylation is 3. The van der Waals surface area contributed by atoms with Crippen molar-refractivity contribution in [2.24, 2.45) is 7.05 Å². The average Bonchev–Trinajstić information content (AvgIpc) is 3.32. The van der Waals surface area contributed by atoms with E-state index in [0.717, 1.165) is 27.4 Å². The van der Waals surface area contributed by atoms with Gasteiger partial charge in [-0.3, -0.25) is 9.48 Å². The third-order valence-corrected chi connectivity index (χ3v) is 5.16. The smallest absolute Gasteiger partial charge is 0.275 e. The summed E-state index contributed by atoms with van der Waals surface area (Å²) in [5.74, 6) is 1.04. The van der Waals surface area contributed by atoms with Gasteiger partial charge in [-0.05, 0) is 39.0 Å². The Kier molecular flexibility index (Phi) is 4.60. The zero-order valence-corrected chi connectivity index (χ0v) is 16.9. The van der Waals surface area contributed by atoms with Crippen LogP contribution in [0.1, 0.15) is 28.8 Å². The fourth-order valence-electron chi connectivity index (χ4n) is 3.01. The number of carbonyl (C=O) groups excluding carboxylic acids is 1. The molecule has 1 N–H and O–H groups in total. The first-order valence-electron chi connectivity index (χ1n) is 8.87. The van der Waals surface area contributed by atoms with E-state index in [0.29, 0.717) is 23.3 Å². The number of nitrogens with one attached hydrogen (secondary N) is 1. The predicted molar refractivity (Wildman–Crippen MR) is 109 cm³/mol. The van der Waals surface area contributed by atoms with Crippen LogP contribution in [-0.4, -0.2) is 37.1 Å². The minimum atomic E-state index is -0.250. The topological polar surface area (TPSA) is 86.9 Å². The van der Waals surface area contributed by atoms with Crippen LogP contribution in [0.25, 0.3) is 15.3 Å². The Bertz CT molecular complexity index is 1170. The summed E-state index contributed by atoms with van der Waals surface area (Å²) >= 11 is 1.49. The second-order valence-corrected chi connectivity index (χ2v) is 7.37. The van der Waals surface area contributed by atoms with Crippen molar-refractivity contribution in [3.05, 3.63) is 47.4 Å². The summed E-state index contributed by atoms with van der Waals surface area (Å²) in [5.41, 5.74) is 2.83. The summed E-state index contributed by atoms with van der Waals surface area (Å²) in [5, 5.41) is 12.3. The fourth-order valence-corrected chi connectivity index (χ4v) is 3.96. The van der Waals surface area contributed by atoms with E-state index in [9.17, 15) is 4.79 Å². The molecule has 0 atom stereocenters. The van der Waals surface area contributed by atoms with Gasteiger partial charge in [0.25, 0.3) is 5.91 Å². The minimum absolute atomic E-state index is 0.250. The Morgan fingerprint density at radius 3 is 2.71 bits per heavy atom. The first kappa shape index (κ1) is 18.2. The van der Waals surface area contributed by atoms with E-state index in [-0.39, 0.29) is 5.91 Å². The zero-order valence-electron chi connectivity index (χ0n) is 16.1. The number of para-hydroxylation sites is 1. The molecule has 0 unspecified atom stereocenters. The SMILES string of the molecule is CCOc1cccc2sc(-n3nc(C)cc3NC(=O)c3cc(C)nn3C)nc12. The van der Waals surface area contributed by atoms with Crippen LogP contribution in [0, 0.1) is 13.8 Å². The Balaban J connectivity index is 1.72. The molecule has 0 radical (unpaired) electrons. The maximum Gasteiger partial charge on any atom is 0.275 e. The van der Waals surface area contributed by atoms with Crippen molar-refractivity contribution in [1.29, 1.82) is 0 Å². The largest absolute Gasteiger partial charge is 0.492 e. The first-order valence-corrected chi connectivity index (χ1v) is 9.69. The summed E-state index contributed by atoms with van der Waals surface area (Å²) in [6.07, 6.45) is 0. The van der Waals surface area contributed by atoms with Crippen LogP contribution in [0.3, 0.4) is 0 Å². The molecule has 8 nitrogen and oxygen atoms in total. The number of benzene rings is 1. The van der Waals surface area contributed by atoms with Crippen LogP contribution in [0.5, 0.6) is 5.75 Å². The molecule has 1 amide bonds. The molecular formula is C19H20N6O2S. The molecular weight excluding hydrogens is 376 g/mol. The summed E-state index contributed by atoms with van der Waals surface area (Å²) < 4.78 is 9.88. The van der Waals surface area contributed by atoms with E-state index in [2.05, 4.69) is 15.5 Å². The second kappa shape index (κ2) is 7.08. The van der Waals surface area contributed by atoms with Crippen LogP contribution in [0.4, 0.5) is 5.82 Å². The molecule has 3 heterocycles. The van der Waals surface area contributed by atoms with Gasteiger partial charge >= 0.3 is 0 Å². The molecule has 0 aliphatic carbocycles. The first-order chi connectivity index (χ1) is 13.5. The molecule has 28 heavy (non-hydrogen) atoms. The summed E-state index contributed by atoms with van der Waals surface area (Å²) in [6, 6.07) is 9.39. The molecule has 0 saturated carbocycles. The van der Waals surface area contributed by atoms with Gasteiger partial charge in [-0.1, -0.05) is 17.4 Å². The van der Waals surface area contributed by atoms with Crippen LogP contribution in [0.15, 0.2) is 30.3 Å².